The van der Waals surface area contributed by atoms with Crippen LogP contribution in [0.3, 0.4) is 0 Å². The predicted molar refractivity (Wildman–Crippen MR) is 69.0 cm³/mol. The van der Waals surface area contributed by atoms with Crippen molar-refractivity contribution in [3.05, 3.63) is 29.9 Å². The number of nitrogens with zero attached hydrogens (tertiary/aromatic N) is 2. The zero-order valence-corrected chi connectivity index (χ0v) is 11.4. The van der Waals surface area contributed by atoms with Crippen LogP contribution in [0.2, 0.25) is 0 Å². The maximum Gasteiger partial charge on any atom is 0.375 e. The molecule has 0 saturated heterocycles. The summed E-state index contributed by atoms with van der Waals surface area (Å²) in [6, 6.07) is 0. The summed E-state index contributed by atoms with van der Waals surface area (Å²) in [5, 5.41) is -1.79. The lowest BCUT2D eigenvalue weighted by molar-refractivity contribution is 0.0870. The standard InChI is InChI=1S/C11H16N3O4P/c1-2-4-8-10(12)14-9(7-13-8)11(19(15,16)17)5-3-6-18-11/h3,6-7H,2,4-5H2,1H3,(H2,12,14)(H2,15,16,17). The average Bonchev–Trinajstić information content (AvgIpc) is 2.81. The molecule has 1 atom stereocenters. The summed E-state index contributed by atoms with van der Waals surface area (Å²) in [7, 11) is -4.56. The number of aromatic nitrogens is 2. The van der Waals surface area contributed by atoms with E-state index in [0.29, 0.717) is 12.1 Å². The zero-order chi connectivity index (χ0) is 14.1. The van der Waals surface area contributed by atoms with Crippen molar-refractivity contribution in [2.45, 2.75) is 31.5 Å². The van der Waals surface area contributed by atoms with Gasteiger partial charge >= 0.3 is 7.60 Å². The van der Waals surface area contributed by atoms with Crippen LogP contribution in [-0.4, -0.2) is 19.8 Å². The van der Waals surface area contributed by atoms with E-state index in [1.165, 1.54) is 18.5 Å². The fraction of sp³-hybridized carbons (Fsp3) is 0.455. The fourth-order valence-electron chi connectivity index (χ4n) is 1.96. The number of nitrogens with two attached hydrogens (primary N) is 1. The summed E-state index contributed by atoms with van der Waals surface area (Å²) in [6.45, 7) is 1.98. The average molecular weight is 285 g/mol. The Morgan fingerprint density at radius 2 is 2.32 bits per heavy atom. The van der Waals surface area contributed by atoms with E-state index in [9.17, 15) is 14.4 Å². The molecule has 1 aliphatic rings. The predicted octanol–water partition coefficient (Wildman–Crippen LogP) is 1.28. The molecule has 8 heteroatoms. The third-order valence-electron chi connectivity index (χ3n) is 2.99. The molecule has 1 unspecified atom stereocenters. The third kappa shape index (κ3) is 2.36. The van der Waals surface area contributed by atoms with Crippen LogP contribution < -0.4 is 5.73 Å². The Morgan fingerprint density at radius 3 is 2.79 bits per heavy atom. The van der Waals surface area contributed by atoms with Gasteiger partial charge in [-0.05, 0) is 12.5 Å². The largest absolute Gasteiger partial charge is 0.476 e. The normalized spacial score (nSPS) is 22.5. The van der Waals surface area contributed by atoms with Crippen LogP contribution in [0.5, 0.6) is 0 Å². The molecule has 7 nitrogen and oxygen atoms in total. The van der Waals surface area contributed by atoms with E-state index in [4.69, 9.17) is 10.5 Å². The van der Waals surface area contributed by atoms with Gasteiger partial charge in [-0.2, -0.15) is 0 Å². The minimum atomic E-state index is -4.56. The van der Waals surface area contributed by atoms with Gasteiger partial charge in [0.2, 0.25) is 0 Å². The zero-order valence-electron chi connectivity index (χ0n) is 10.5. The van der Waals surface area contributed by atoms with E-state index < -0.39 is 12.9 Å². The lowest BCUT2D eigenvalue weighted by atomic mass is 10.2. The van der Waals surface area contributed by atoms with Gasteiger partial charge in [-0.25, -0.2) is 4.98 Å². The molecule has 104 valence electrons. The number of rotatable bonds is 4. The Labute approximate surface area is 110 Å². The molecule has 2 rings (SSSR count). The number of nitrogen functional groups attached to an aromatic ring is 1. The Hall–Kier alpha value is -1.43. The molecule has 4 N–H and O–H groups in total. The van der Waals surface area contributed by atoms with Crippen molar-refractivity contribution in [2.75, 3.05) is 5.73 Å². The van der Waals surface area contributed by atoms with Crippen molar-refractivity contribution in [2.24, 2.45) is 0 Å². The number of aryl methyl sites for hydroxylation is 1. The second-order valence-corrected chi connectivity index (χ2v) is 6.17. The van der Waals surface area contributed by atoms with Crippen molar-refractivity contribution in [1.29, 1.82) is 0 Å². The second kappa shape index (κ2) is 4.92. The van der Waals surface area contributed by atoms with Gasteiger partial charge in [0, 0.05) is 6.42 Å². The molecule has 0 spiro atoms. The van der Waals surface area contributed by atoms with Crippen molar-refractivity contribution >= 4 is 13.4 Å². The SMILES string of the molecule is CCCc1ncc(C2(P(=O)(O)O)CC=CO2)nc1N. The Kier molecular flexibility index (Phi) is 3.62. The van der Waals surface area contributed by atoms with Crippen LogP contribution in [-0.2, 0) is 21.1 Å². The Bertz CT molecular complexity index is 547. The van der Waals surface area contributed by atoms with Gasteiger partial charge in [0.25, 0.3) is 5.34 Å². The second-order valence-electron chi connectivity index (χ2n) is 4.36. The van der Waals surface area contributed by atoms with Crippen LogP contribution in [0.15, 0.2) is 18.5 Å². The van der Waals surface area contributed by atoms with Crippen LogP contribution in [0.25, 0.3) is 0 Å². The van der Waals surface area contributed by atoms with E-state index in [0.717, 1.165) is 6.42 Å². The highest BCUT2D eigenvalue weighted by Crippen LogP contribution is 2.61. The van der Waals surface area contributed by atoms with Crippen molar-refractivity contribution in [3.8, 4) is 0 Å². The molecule has 0 aromatic carbocycles. The van der Waals surface area contributed by atoms with Crippen molar-refractivity contribution in [3.63, 3.8) is 0 Å². The van der Waals surface area contributed by atoms with E-state index in [1.54, 1.807) is 0 Å². The lowest BCUT2D eigenvalue weighted by Crippen LogP contribution is -2.27. The molecule has 19 heavy (non-hydrogen) atoms. The highest BCUT2D eigenvalue weighted by Gasteiger charge is 2.53. The first-order chi connectivity index (χ1) is 8.90. The van der Waals surface area contributed by atoms with Gasteiger partial charge in [0.1, 0.15) is 11.5 Å². The van der Waals surface area contributed by atoms with E-state index in [1.807, 2.05) is 6.92 Å². The molecule has 1 aliphatic heterocycles. The van der Waals surface area contributed by atoms with Gasteiger partial charge in [-0.15, -0.1) is 0 Å². The van der Waals surface area contributed by atoms with Gasteiger partial charge in [-0.3, -0.25) is 9.55 Å². The Balaban J connectivity index is 2.45. The number of ether oxygens (including phenoxy) is 1. The molecule has 1 aromatic heterocycles. The highest BCUT2D eigenvalue weighted by molar-refractivity contribution is 7.52. The molecule has 1 aromatic rings. The van der Waals surface area contributed by atoms with E-state index in [-0.39, 0.29) is 17.9 Å². The van der Waals surface area contributed by atoms with Gasteiger partial charge in [0.05, 0.1) is 18.2 Å². The first kappa shape index (κ1) is 14.0. The summed E-state index contributed by atoms with van der Waals surface area (Å²) in [5.41, 5.74) is 6.46. The molecule has 2 heterocycles. The summed E-state index contributed by atoms with van der Waals surface area (Å²) in [6.07, 6.45) is 5.70. The molecule has 0 bridgehead atoms. The first-order valence-electron chi connectivity index (χ1n) is 5.91. The van der Waals surface area contributed by atoms with E-state index in [2.05, 4.69) is 9.97 Å². The summed E-state index contributed by atoms with van der Waals surface area (Å²) in [5.74, 6) is 0.183. The molecular weight excluding hydrogens is 269 g/mol. The van der Waals surface area contributed by atoms with Crippen molar-refractivity contribution < 1.29 is 19.1 Å². The van der Waals surface area contributed by atoms with Crippen LogP contribution in [0.4, 0.5) is 5.82 Å². The summed E-state index contributed by atoms with van der Waals surface area (Å²) in [4.78, 5) is 27.2. The molecule has 0 radical (unpaired) electrons. The van der Waals surface area contributed by atoms with Gasteiger partial charge < -0.3 is 20.3 Å². The molecule has 0 saturated carbocycles. The van der Waals surface area contributed by atoms with Crippen LogP contribution >= 0.6 is 7.60 Å². The highest BCUT2D eigenvalue weighted by atomic mass is 31.2. The monoisotopic (exact) mass is 285 g/mol. The van der Waals surface area contributed by atoms with E-state index >= 15 is 0 Å². The van der Waals surface area contributed by atoms with Gasteiger partial charge in [0.15, 0.2) is 0 Å². The minimum Gasteiger partial charge on any atom is -0.476 e. The quantitative estimate of drug-likeness (QED) is 0.713. The summed E-state index contributed by atoms with van der Waals surface area (Å²) < 4.78 is 16.8. The first-order valence-corrected chi connectivity index (χ1v) is 7.52. The molecular formula is C11H16N3O4P. The third-order valence-corrected chi connectivity index (χ3v) is 4.45. The van der Waals surface area contributed by atoms with Gasteiger partial charge in [-0.1, -0.05) is 13.3 Å². The maximum atomic E-state index is 11.7. The number of anilines is 1. The summed E-state index contributed by atoms with van der Waals surface area (Å²) >= 11 is 0. The smallest absolute Gasteiger partial charge is 0.375 e. The number of hydrogen-bond acceptors (Lipinski definition) is 5. The molecule has 0 aliphatic carbocycles. The van der Waals surface area contributed by atoms with Crippen LogP contribution in [0, 0.1) is 0 Å². The maximum absolute atomic E-state index is 11.7. The fourth-order valence-corrected chi connectivity index (χ4v) is 2.91. The van der Waals surface area contributed by atoms with Crippen LogP contribution in [0.1, 0.15) is 31.2 Å². The lowest BCUT2D eigenvalue weighted by Gasteiger charge is -2.28. The molecule has 0 amide bonds. The number of hydrogen-bond donors (Lipinski definition) is 3. The topological polar surface area (TPSA) is 119 Å². The Morgan fingerprint density at radius 1 is 1.58 bits per heavy atom. The molecule has 0 fully saturated rings. The minimum absolute atomic E-state index is 0.0402. The van der Waals surface area contributed by atoms with Crippen molar-refractivity contribution in [1.82, 2.24) is 9.97 Å².